The molecule has 0 aliphatic rings. The minimum atomic E-state index is -0.0794. The molecule has 0 atom stereocenters. The van der Waals surface area contributed by atoms with Crippen LogP contribution in [-0.2, 0) is 11.2 Å². The maximum absolute atomic E-state index is 12.5. The number of aromatic nitrogens is 2. The molecule has 0 radical (unpaired) electrons. The topological polar surface area (TPSA) is 54.9 Å². The maximum Gasteiger partial charge on any atom is 0.234 e. The molecule has 1 N–H and O–H groups in total. The SMILES string of the molecule is CCc1ccc(NC(=O)CSc2nc(-c3ccccc3)cc(-c3ccccc3)n2)cc1. The number of rotatable bonds is 7. The molecule has 0 fully saturated rings. The van der Waals surface area contributed by atoms with E-state index in [1.807, 2.05) is 91.0 Å². The van der Waals surface area contributed by atoms with Crippen molar-refractivity contribution in [3.8, 4) is 22.5 Å². The Morgan fingerprint density at radius 3 is 1.87 bits per heavy atom. The van der Waals surface area contributed by atoms with Crippen LogP contribution in [0, 0.1) is 0 Å². The number of nitrogens with zero attached hydrogens (tertiary/aromatic N) is 2. The van der Waals surface area contributed by atoms with Gasteiger partial charge in [0.2, 0.25) is 5.91 Å². The van der Waals surface area contributed by atoms with Gasteiger partial charge in [-0.2, -0.15) is 0 Å². The molecule has 4 aromatic rings. The second-order valence-corrected chi connectivity index (χ2v) is 7.98. The first-order valence-corrected chi connectivity index (χ1v) is 11.2. The molecular weight excluding hydrogens is 402 g/mol. The van der Waals surface area contributed by atoms with Gasteiger partial charge in [-0.25, -0.2) is 9.97 Å². The number of amides is 1. The van der Waals surface area contributed by atoms with Crippen molar-refractivity contribution in [1.82, 2.24) is 9.97 Å². The quantitative estimate of drug-likeness (QED) is 0.287. The van der Waals surface area contributed by atoms with Gasteiger partial charge >= 0.3 is 0 Å². The molecule has 0 spiro atoms. The van der Waals surface area contributed by atoms with Gasteiger partial charge in [-0.05, 0) is 30.2 Å². The molecule has 1 aromatic heterocycles. The van der Waals surface area contributed by atoms with Gasteiger partial charge in [-0.15, -0.1) is 0 Å². The Morgan fingerprint density at radius 2 is 1.35 bits per heavy atom. The van der Waals surface area contributed by atoms with E-state index in [0.717, 1.165) is 34.6 Å². The number of carbonyl (C=O) groups excluding carboxylic acids is 1. The normalized spacial score (nSPS) is 10.6. The summed E-state index contributed by atoms with van der Waals surface area (Å²) in [6.45, 7) is 2.11. The molecule has 31 heavy (non-hydrogen) atoms. The van der Waals surface area contributed by atoms with E-state index in [1.54, 1.807) is 0 Å². The van der Waals surface area contributed by atoms with Crippen molar-refractivity contribution in [2.75, 3.05) is 11.1 Å². The van der Waals surface area contributed by atoms with E-state index in [9.17, 15) is 4.79 Å². The summed E-state index contributed by atoms with van der Waals surface area (Å²) >= 11 is 1.34. The second-order valence-electron chi connectivity index (χ2n) is 7.04. The Bertz CT molecular complexity index is 1090. The van der Waals surface area contributed by atoms with Crippen LogP contribution in [0.2, 0.25) is 0 Å². The molecule has 0 saturated heterocycles. The van der Waals surface area contributed by atoms with Gasteiger partial charge in [0.15, 0.2) is 5.16 Å². The van der Waals surface area contributed by atoms with Crippen LogP contribution in [0.15, 0.2) is 96.2 Å². The highest BCUT2D eigenvalue weighted by molar-refractivity contribution is 7.99. The van der Waals surface area contributed by atoms with Crippen LogP contribution >= 0.6 is 11.8 Å². The molecule has 5 heteroatoms. The minimum Gasteiger partial charge on any atom is -0.325 e. The van der Waals surface area contributed by atoms with Crippen molar-refractivity contribution in [3.05, 3.63) is 96.6 Å². The number of nitrogens with one attached hydrogen (secondary N) is 1. The number of anilines is 1. The van der Waals surface area contributed by atoms with Gasteiger partial charge in [0.25, 0.3) is 0 Å². The lowest BCUT2D eigenvalue weighted by Crippen LogP contribution is -2.14. The average Bonchev–Trinajstić information content (AvgIpc) is 2.84. The fourth-order valence-electron chi connectivity index (χ4n) is 3.15. The molecule has 0 saturated carbocycles. The van der Waals surface area contributed by atoms with Crippen LogP contribution in [0.3, 0.4) is 0 Å². The molecule has 154 valence electrons. The van der Waals surface area contributed by atoms with Crippen molar-refractivity contribution in [2.45, 2.75) is 18.5 Å². The lowest BCUT2D eigenvalue weighted by Gasteiger charge is -2.09. The Hall–Kier alpha value is -3.44. The fraction of sp³-hybridized carbons (Fsp3) is 0.115. The molecule has 3 aromatic carbocycles. The number of hydrogen-bond acceptors (Lipinski definition) is 4. The Kier molecular flexibility index (Phi) is 6.75. The van der Waals surface area contributed by atoms with Crippen molar-refractivity contribution in [3.63, 3.8) is 0 Å². The summed E-state index contributed by atoms with van der Waals surface area (Å²) in [6, 6.07) is 29.9. The molecule has 0 unspecified atom stereocenters. The van der Waals surface area contributed by atoms with E-state index in [2.05, 4.69) is 12.2 Å². The summed E-state index contributed by atoms with van der Waals surface area (Å²) in [5, 5.41) is 3.52. The van der Waals surface area contributed by atoms with E-state index < -0.39 is 0 Å². The Balaban J connectivity index is 1.53. The summed E-state index contributed by atoms with van der Waals surface area (Å²) in [6.07, 6.45) is 0.975. The van der Waals surface area contributed by atoms with Crippen LogP contribution in [0.25, 0.3) is 22.5 Å². The third kappa shape index (κ3) is 5.58. The smallest absolute Gasteiger partial charge is 0.234 e. The van der Waals surface area contributed by atoms with Gasteiger partial charge in [-0.3, -0.25) is 4.79 Å². The molecule has 1 amide bonds. The standard InChI is InChI=1S/C26H23N3OS/c1-2-19-13-15-22(16-14-19)27-25(30)18-31-26-28-23(20-9-5-3-6-10-20)17-24(29-26)21-11-7-4-8-12-21/h3-17H,2,18H2,1H3,(H,27,30). The summed E-state index contributed by atoms with van der Waals surface area (Å²) in [5.74, 6) is 0.159. The number of benzene rings is 3. The zero-order valence-corrected chi connectivity index (χ0v) is 18.1. The third-order valence-corrected chi connectivity index (χ3v) is 5.67. The monoisotopic (exact) mass is 425 g/mol. The fourth-order valence-corrected chi connectivity index (χ4v) is 3.81. The third-order valence-electron chi connectivity index (χ3n) is 4.82. The molecule has 0 bridgehead atoms. The first-order chi connectivity index (χ1) is 15.2. The van der Waals surface area contributed by atoms with Crippen LogP contribution in [0.5, 0.6) is 0 Å². The van der Waals surface area contributed by atoms with Crippen molar-refractivity contribution in [1.29, 1.82) is 0 Å². The molecule has 0 aliphatic heterocycles. The molecule has 1 heterocycles. The summed E-state index contributed by atoms with van der Waals surface area (Å²) in [7, 11) is 0. The summed E-state index contributed by atoms with van der Waals surface area (Å²) in [5.41, 5.74) is 5.76. The molecule has 4 rings (SSSR count). The highest BCUT2D eigenvalue weighted by Gasteiger charge is 2.11. The molecule has 4 nitrogen and oxygen atoms in total. The van der Waals surface area contributed by atoms with E-state index in [1.165, 1.54) is 17.3 Å². The van der Waals surface area contributed by atoms with Gasteiger partial charge in [-0.1, -0.05) is 91.5 Å². The first kappa shape index (κ1) is 20.8. The summed E-state index contributed by atoms with van der Waals surface area (Å²) in [4.78, 5) is 21.9. The Morgan fingerprint density at radius 1 is 0.806 bits per heavy atom. The number of hydrogen-bond donors (Lipinski definition) is 1. The highest BCUT2D eigenvalue weighted by Crippen LogP contribution is 2.27. The average molecular weight is 426 g/mol. The zero-order chi connectivity index (χ0) is 21.5. The van der Waals surface area contributed by atoms with Gasteiger partial charge in [0, 0.05) is 16.8 Å². The van der Waals surface area contributed by atoms with E-state index >= 15 is 0 Å². The maximum atomic E-state index is 12.5. The van der Waals surface area contributed by atoms with Gasteiger partial charge < -0.3 is 5.32 Å². The van der Waals surface area contributed by atoms with Crippen molar-refractivity contribution in [2.24, 2.45) is 0 Å². The van der Waals surface area contributed by atoms with E-state index in [4.69, 9.17) is 9.97 Å². The lowest BCUT2D eigenvalue weighted by molar-refractivity contribution is -0.113. The molecule has 0 aliphatic carbocycles. The number of thioether (sulfide) groups is 1. The predicted octanol–water partition coefficient (Wildman–Crippen LogP) is 6.10. The molecular formula is C26H23N3OS. The number of aryl methyl sites for hydroxylation is 1. The van der Waals surface area contributed by atoms with E-state index in [-0.39, 0.29) is 11.7 Å². The highest BCUT2D eigenvalue weighted by atomic mass is 32.2. The number of carbonyl (C=O) groups is 1. The van der Waals surface area contributed by atoms with Gasteiger partial charge in [0.1, 0.15) is 0 Å². The van der Waals surface area contributed by atoms with E-state index in [0.29, 0.717) is 5.16 Å². The van der Waals surface area contributed by atoms with Crippen molar-refractivity contribution < 1.29 is 4.79 Å². The second kappa shape index (κ2) is 10.0. The first-order valence-electron chi connectivity index (χ1n) is 10.2. The van der Waals surface area contributed by atoms with Crippen LogP contribution in [-0.4, -0.2) is 21.6 Å². The van der Waals surface area contributed by atoms with Crippen LogP contribution in [0.1, 0.15) is 12.5 Å². The predicted molar refractivity (Wildman–Crippen MR) is 128 cm³/mol. The summed E-state index contributed by atoms with van der Waals surface area (Å²) < 4.78 is 0. The van der Waals surface area contributed by atoms with Crippen LogP contribution in [0.4, 0.5) is 5.69 Å². The Labute approximate surface area is 186 Å². The van der Waals surface area contributed by atoms with Crippen LogP contribution < -0.4 is 5.32 Å². The van der Waals surface area contributed by atoms with Gasteiger partial charge in [0.05, 0.1) is 17.1 Å². The minimum absolute atomic E-state index is 0.0794. The lowest BCUT2D eigenvalue weighted by atomic mass is 10.1. The largest absolute Gasteiger partial charge is 0.325 e. The van der Waals surface area contributed by atoms with Crippen molar-refractivity contribution >= 4 is 23.4 Å². The zero-order valence-electron chi connectivity index (χ0n) is 17.3.